The van der Waals surface area contributed by atoms with Gasteiger partial charge in [-0.1, -0.05) is 17.7 Å². The van der Waals surface area contributed by atoms with Crippen LogP contribution < -0.4 is 5.32 Å². The summed E-state index contributed by atoms with van der Waals surface area (Å²) in [6.07, 6.45) is 0. The predicted octanol–water partition coefficient (Wildman–Crippen LogP) is 3.25. The van der Waals surface area contributed by atoms with E-state index >= 15 is 0 Å². The lowest BCUT2D eigenvalue weighted by Gasteiger charge is -2.07. The summed E-state index contributed by atoms with van der Waals surface area (Å²) in [6, 6.07) is 6.19. The molecule has 1 aromatic carbocycles. The first kappa shape index (κ1) is 14.4. The Labute approximate surface area is 119 Å². The van der Waals surface area contributed by atoms with E-state index in [2.05, 4.69) is 10.3 Å². The van der Waals surface area contributed by atoms with E-state index in [1.54, 1.807) is 13.0 Å². The zero-order valence-electron chi connectivity index (χ0n) is 10.6. The van der Waals surface area contributed by atoms with Crippen molar-refractivity contribution in [2.45, 2.75) is 13.5 Å². The molecule has 0 aliphatic carbocycles. The van der Waals surface area contributed by atoms with Gasteiger partial charge in [0.15, 0.2) is 0 Å². The number of halogens is 3. The van der Waals surface area contributed by atoms with Gasteiger partial charge in [-0.2, -0.15) is 0 Å². The molecular formula is C14H11ClF2N2O. The number of rotatable bonds is 3. The number of aromatic nitrogens is 1. The highest BCUT2D eigenvalue weighted by Crippen LogP contribution is 2.12. The minimum atomic E-state index is -0.700. The molecule has 0 atom stereocenters. The Morgan fingerprint density at radius 2 is 2.05 bits per heavy atom. The molecule has 0 unspecified atom stereocenters. The summed E-state index contributed by atoms with van der Waals surface area (Å²) in [5.41, 5.74) is 1.15. The van der Waals surface area contributed by atoms with Gasteiger partial charge >= 0.3 is 0 Å². The van der Waals surface area contributed by atoms with Gasteiger partial charge < -0.3 is 5.32 Å². The molecule has 6 heteroatoms. The fourth-order valence-corrected chi connectivity index (χ4v) is 1.95. The minimum Gasteiger partial charge on any atom is -0.348 e. The summed E-state index contributed by atoms with van der Waals surface area (Å²) in [5.74, 6) is -1.76. The maximum absolute atomic E-state index is 13.4. The molecule has 0 aliphatic heterocycles. The number of nitrogens with one attached hydrogen (secondary N) is 1. The van der Waals surface area contributed by atoms with E-state index in [0.717, 1.165) is 12.1 Å². The van der Waals surface area contributed by atoms with Crippen LogP contribution in [0.1, 0.15) is 21.6 Å². The Morgan fingerprint density at radius 3 is 2.70 bits per heavy atom. The summed E-state index contributed by atoms with van der Waals surface area (Å²) in [5, 5.41) is 2.75. The van der Waals surface area contributed by atoms with Crippen LogP contribution >= 0.6 is 11.6 Å². The van der Waals surface area contributed by atoms with E-state index in [0.29, 0.717) is 11.3 Å². The first-order valence-corrected chi connectivity index (χ1v) is 6.20. The molecule has 1 heterocycles. The Morgan fingerprint density at radius 1 is 1.30 bits per heavy atom. The van der Waals surface area contributed by atoms with Crippen LogP contribution in [0.25, 0.3) is 0 Å². The lowest BCUT2D eigenvalue weighted by atomic mass is 10.2. The first-order valence-electron chi connectivity index (χ1n) is 5.82. The predicted molar refractivity (Wildman–Crippen MR) is 71.5 cm³/mol. The smallest absolute Gasteiger partial charge is 0.251 e. The van der Waals surface area contributed by atoms with Crippen LogP contribution in [-0.2, 0) is 6.54 Å². The van der Waals surface area contributed by atoms with Gasteiger partial charge in [-0.3, -0.25) is 4.79 Å². The fraction of sp³-hybridized carbons (Fsp3) is 0.143. The second kappa shape index (κ2) is 5.96. The van der Waals surface area contributed by atoms with Crippen molar-refractivity contribution in [2.24, 2.45) is 0 Å². The van der Waals surface area contributed by atoms with Crippen LogP contribution in [-0.4, -0.2) is 10.9 Å². The van der Waals surface area contributed by atoms with Crippen molar-refractivity contribution in [1.82, 2.24) is 10.3 Å². The van der Waals surface area contributed by atoms with Gasteiger partial charge in [0.05, 0.1) is 0 Å². The number of aryl methyl sites for hydroxylation is 1. The van der Waals surface area contributed by atoms with Crippen molar-refractivity contribution >= 4 is 17.5 Å². The van der Waals surface area contributed by atoms with Gasteiger partial charge in [-0.25, -0.2) is 13.8 Å². The third-order valence-corrected chi connectivity index (χ3v) is 2.83. The molecular weight excluding hydrogens is 286 g/mol. The lowest BCUT2D eigenvalue weighted by molar-refractivity contribution is 0.0950. The summed E-state index contributed by atoms with van der Waals surface area (Å²) < 4.78 is 26.2. The number of carbonyl (C=O) groups excluding carboxylic acids is 1. The molecule has 2 aromatic rings. The second-order valence-electron chi connectivity index (χ2n) is 4.24. The molecule has 1 N–H and O–H groups in total. The van der Waals surface area contributed by atoms with Crippen molar-refractivity contribution in [3.63, 3.8) is 0 Å². The molecule has 0 bridgehead atoms. The van der Waals surface area contributed by atoms with Crippen molar-refractivity contribution in [2.75, 3.05) is 0 Å². The van der Waals surface area contributed by atoms with Crippen LogP contribution in [0.5, 0.6) is 0 Å². The van der Waals surface area contributed by atoms with E-state index in [9.17, 15) is 13.6 Å². The summed E-state index contributed by atoms with van der Waals surface area (Å²) >= 11 is 5.76. The number of pyridine rings is 1. The van der Waals surface area contributed by atoms with Gasteiger partial charge in [0.1, 0.15) is 16.8 Å². The molecule has 0 spiro atoms. The number of hydrogen-bond donors (Lipinski definition) is 1. The summed E-state index contributed by atoms with van der Waals surface area (Å²) in [7, 11) is 0. The van der Waals surface area contributed by atoms with Gasteiger partial charge in [0.25, 0.3) is 5.91 Å². The Hall–Kier alpha value is -2.01. The van der Waals surface area contributed by atoms with E-state index in [1.807, 2.05) is 0 Å². The van der Waals surface area contributed by atoms with Crippen molar-refractivity contribution < 1.29 is 13.6 Å². The molecule has 0 radical (unpaired) electrons. The maximum Gasteiger partial charge on any atom is 0.251 e. The fourth-order valence-electron chi connectivity index (χ4n) is 1.70. The van der Waals surface area contributed by atoms with Crippen LogP contribution in [0.3, 0.4) is 0 Å². The second-order valence-corrected chi connectivity index (χ2v) is 4.63. The number of amides is 1. The maximum atomic E-state index is 13.4. The van der Waals surface area contributed by atoms with Gasteiger partial charge in [-0.05, 0) is 25.1 Å². The molecule has 0 aliphatic rings. The van der Waals surface area contributed by atoms with Crippen LogP contribution in [0.15, 0.2) is 30.3 Å². The van der Waals surface area contributed by atoms with Crippen molar-refractivity contribution in [3.05, 3.63) is 63.9 Å². The quantitative estimate of drug-likeness (QED) is 0.884. The Balaban J connectivity index is 2.08. The standard InChI is InChI=1S/C14H11ClF2N2O/c1-8-4-10(5-13(15)19-8)14(20)18-7-9-2-3-11(16)6-12(9)17/h2-6H,7H2,1H3,(H,18,20). The number of carbonyl (C=O) groups is 1. The highest BCUT2D eigenvalue weighted by atomic mass is 35.5. The Bertz CT molecular complexity index is 641. The Kier molecular flexibility index (Phi) is 4.29. The van der Waals surface area contributed by atoms with E-state index in [-0.39, 0.29) is 17.3 Å². The van der Waals surface area contributed by atoms with Crippen molar-refractivity contribution in [3.8, 4) is 0 Å². The largest absolute Gasteiger partial charge is 0.348 e. The zero-order chi connectivity index (χ0) is 14.7. The molecule has 1 aromatic heterocycles. The van der Waals surface area contributed by atoms with Crippen LogP contribution in [0.2, 0.25) is 5.15 Å². The third kappa shape index (κ3) is 3.51. The van der Waals surface area contributed by atoms with Crippen molar-refractivity contribution in [1.29, 1.82) is 0 Å². The highest BCUT2D eigenvalue weighted by molar-refractivity contribution is 6.29. The molecule has 0 saturated heterocycles. The molecule has 0 saturated carbocycles. The summed E-state index contributed by atoms with van der Waals surface area (Å²) in [4.78, 5) is 15.8. The zero-order valence-corrected chi connectivity index (χ0v) is 11.3. The first-order chi connectivity index (χ1) is 9.45. The average Bonchev–Trinajstić information content (AvgIpc) is 2.36. The van der Waals surface area contributed by atoms with E-state index in [1.165, 1.54) is 12.1 Å². The van der Waals surface area contributed by atoms with E-state index in [4.69, 9.17) is 11.6 Å². The average molecular weight is 297 g/mol. The van der Waals surface area contributed by atoms with Gasteiger partial charge in [0, 0.05) is 29.4 Å². The highest BCUT2D eigenvalue weighted by Gasteiger charge is 2.09. The van der Waals surface area contributed by atoms with Gasteiger partial charge in [-0.15, -0.1) is 0 Å². The minimum absolute atomic E-state index is 0.0378. The van der Waals surface area contributed by atoms with Crippen LogP contribution in [0, 0.1) is 18.6 Å². The van der Waals surface area contributed by atoms with Crippen LogP contribution in [0.4, 0.5) is 8.78 Å². The monoisotopic (exact) mass is 296 g/mol. The third-order valence-electron chi connectivity index (χ3n) is 2.64. The van der Waals surface area contributed by atoms with E-state index < -0.39 is 17.5 Å². The SMILES string of the molecule is Cc1cc(C(=O)NCc2ccc(F)cc2F)cc(Cl)n1. The molecule has 1 amide bonds. The molecule has 20 heavy (non-hydrogen) atoms. The number of hydrogen-bond acceptors (Lipinski definition) is 2. The summed E-state index contributed by atoms with van der Waals surface area (Å²) in [6.45, 7) is 1.67. The van der Waals surface area contributed by atoms with Gasteiger partial charge in [0.2, 0.25) is 0 Å². The lowest BCUT2D eigenvalue weighted by Crippen LogP contribution is -2.23. The molecule has 2 rings (SSSR count). The number of benzene rings is 1. The molecule has 3 nitrogen and oxygen atoms in total. The molecule has 0 fully saturated rings. The number of nitrogens with zero attached hydrogens (tertiary/aromatic N) is 1. The normalized spacial score (nSPS) is 10.4. The molecule has 104 valence electrons. The topological polar surface area (TPSA) is 42.0 Å².